The Balaban J connectivity index is 2.45. The Bertz CT molecular complexity index is 623. The van der Waals surface area contributed by atoms with E-state index in [1.54, 1.807) is 12.1 Å². The number of hydrogen-bond acceptors (Lipinski definition) is 5. The molecule has 0 aromatic heterocycles. The molecule has 1 rings (SSSR count). The van der Waals surface area contributed by atoms with Gasteiger partial charge in [0.15, 0.2) is 0 Å². The summed E-state index contributed by atoms with van der Waals surface area (Å²) < 4.78 is 10.2. The zero-order chi connectivity index (χ0) is 21.3. The largest absolute Gasteiger partial charge is 0.462 e. The molecule has 162 valence electrons. The summed E-state index contributed by atoms with van der Waals surface area (Å²) in [5.74, 6) is -1.91. The Morgan fingerprint density at radius 1 is 0.690 bits per heavy atom. The molecular formula is C24H36O5. The summed E-state index contributed by atoms with van der Waals surface area (Å²) in [6.07, 6.45) is 11.8. The standard InChI is InChI=1S/C24H36O5/c1-3-5-7-9-11-15-19-28-23(26)20-16-13-14-17-21(20)24(27)29-22(25)18-12-10-8-6-4-2/h13-14,16-17H,3-12,15,18-19H2,1-2H3. The highest BCUT2D eigenvalue weighted by Crippen LogP contribution is 2.14. The number of rotatable bonds is 15. The third kappa shape index (κ3) is 10.8. The van der Waals surface area contributed by atoms with Crippen molar-refractivity contribution in [3.8, 4) is 0 Å². The highest BCUT2D eigenvalue weighted by molar-refractivity contribution is 6.05. The van der Waals surface area contributed by atoms with Crippen molar-refractivity contribution in [3.05, 3.63) is 35.4 Å². The van der Waals surface area contributed by atoms with Crippen LogP contribution in [-0.2, 0) is 14.3 Å². The first-order valence-corrected chi connectivity index (χ1v) is 11.1. The van der Waals surface area contributed by atoms with Gasteiger partial charge in [0.25, 0.3) is 0 Å². The fraction of sp³-hybridized carbons (Fsp3) is 0.625. The first-order chi connectivity index (χ1) is 14.1. The number of unbranched alkanes of at least 4 members (excludes halogenated alkanes) is 9. The molecule has 5 nitrogen and oxygen atoms in total. The van der Waals surface area contributed by atoms with Crippen LogP contribution in [0.2, 0.25) is 0 Å². The molecular weight excluding hydrogens is 368 g/mol. The van der Waals surface area contributed by atoms with Crippen LogP contribution in [0, 0.1) is 0 Å². The van der Waals surface area contributed by atoms with Crippen LogP contribution >= 0.6 is 0 Å². The van der Waals surface area contributed by atoms with Gasteiger partial charge in [-0.25, -0.2) is 9.59 Å². The van der Waals surface area contributed by atoms with Gasteiger partial charge in [-0.3, -0.25) is 4.79 Å². The normalized spacial score (nSPS) is 10.6. The molecule has 0 heterocycles. The Hall–Kier alpha value is -2.17. The number of carbonyl (C=O) groups is 3. The maximum atomic E-state index is 12.3. The summed E-state index contributed by atoms with van der Waals surface area (Å²) in [4.78, 5) is 36.6. The average Bonchev–Trinajstić information content (AvgIpc) is 2.72. The second-order valence-electron chi connectivity index (χ2n) is 7.38. The third-order valence-electron chi connectivity index (χ3n) is 4.79. The average molecular weight is 405 g/mol. The van der Waals surface area contributed by atoms with E-state index in [1.165, 1.54) is 31.4 Å². The fourth-order valence-corrected chi connectivity index (χ4v) is 3.05. The van der Waals surface area contributed by atoms with Gasteiger partial charge in [0, 0.05) is 6.42 Å². The molecule has 0 amide bonds. The minimum Gasteiger partial charge on any atom is -0.462 e. The van der Waals surface area contributed by atoms with E-state index in [4.69, 9.17) is 9.47 Å². The first-order valence-electron chi connectivity index (χ1n) is 11.1. The second-order valence-corrected chi connectivity index (χ2v) is 7.38. The van der Waals surface area contributed by atoms with Crippen LogP contribution in [-0.4, -0.2) is 24.5 Å². The molecule has 5 heteroatoms. The number of hydrogen-bond donors (Lipinski definition) is 0. The summed E-state index contributed by atoms with van der Waals surface area (Å²) in [7, 11) is 0. The molecule has 0 saturated carbocycles. The number of ether oxygens (including phenoxy) is 2. The van der Waals surface area contributed by atoms with Gasteiger partial charge >= 0.3 is 17.9 Å². The molecule has 0 radical (unpaired) electrons. The van der Waals surface area contributed by atoms with Crippen LogP contribution in [0.1, 0.15) is 112 Å². The lowest BCUT2D eigenvalue weighted by Gasteiger charge is -2.09. The van der Waals surface area contributed by atoms with E-state index in [0.29, 0.717) is 13.0 Å². The topological polar surface area (TPSA) is 69.7 Å². The van der Waals surface area contributed by atoms with E-state index in [0.717, 1.165) is 44.9 Å². The van der Waals surface area contributed by atoms with Gasteiger partial charge in [-0.05, 0) is 25.0 Å². The van der Waals surface area contributed by atoms with E-state index in [-0.39, 0.29) is 17.5 Å². The Morgan fingerprint density at radius 3 is 1.83 bits per heavy atom. The van der Waals surface area contributed by atoms with Crippen molar-refractivity contribution in [2.75, 3.05) is 6.61 Å². The molecule has 1 aromatic carbocycles. The molecule has 0 aliphatic heterocycles. The van der Waals surface area contributed by atoms with Crippen molar-refractivity contribution < 1.29 is 23.9 Å². The van der Waals surface area contributed by atoms with E-state index < -0.39 is 17.9 Å². The smallest absolute Gasteiger partial charge is 0.346 e. The van der Waals surface area contributed by atoms with Crippen LogP contribution < -0.4 is 0 Å². The van der Waals surface area contributed by atoms with Crippen LogP contribution in [0.4, 0.5) is 0 Å². The molecule has 0 spiro atoms. The van der Waals surface area contributed by atoms with Crippen molar-refractivity contribution in [2.24, 2.45) is 0 Å². The van der Waals surface area contributed by atoms with Crippen molar-refractivity contribution in [1.82, 2.24) is 0 Å². The van der Waals surface area contributed by atoms with E-state index in [9.17, 15) is 14.4 Å². The lowest BCUT2D eigenvalue weighted by Crippen LogP contribution is -2.17. The van der Waals surface area contributed by atoms with Crippen molar-refractivity contribution in [2.45, 2.75) is 90.9 Å². The molecule has 0 fully saturated rings. The Labute approximate surface area is 175 Å². The van der Waals surface area contributed by atoms with Crippen molar-refractivity contribution in [1.29, 1.82) is 0 Å². The Morgan fingerprint density at radius 2 is 1.21 bits per heavy atom. The second kappa shape index (κ2) is 15.7. The van der Waals surface area contributed by atoms with Gasteiger partial charge in [0.2, 0.25) is 0 Å². The van der Waals surface area contributed by atoms with Gasteiger partial charge in [0.1, 0.15) is 0 Å². The molecule has 0 N–H and O–H groups in total. The van der Waals surface area contributed by atoms with E-state index in [2.05, 4.69) is 13.8 Å². The van der Waals surface area contributed by atoms with Crippen LogP contribution in [0.3, 0.4) is 0 Å². The summed E-state index contributed by atoms with van der Waals surface area (Å²) in [6, 6.07) is 6.30. The fourth-order valence-electron chi connectivity index (χ4n) is 3.05. The highest BCUT2D eigenvalue weighted by atomic mass is 16.6. The molecule has 0 bridgehead atoms. The van der Waals surface area contributed by atoms with Crippen molar-refractivity contribution >= 4 is 17.9 Å². The minimum atomic E-state index is -0.796. The minimum absolute atomic E-state index is 0.0692. The van der Waals surface area contributed by atoms with Crippen LogP contribution in [0.15, 0.2) is 24.3 Å². The zero-order valence-corrected chi connectivity index (χ0v) is 18.0. The summed E-state index contributed by atoms with van der Waals surface area (Å²) in [5, 5.41) is 0. The van der Waals surface area contributed by atoms with Crippen LogP contribution in [0.25, 0.3) is 0 Å². The van der Waals surface area contributed by atoms with Gasteiger partial charge in [0.05, 0.1) is 17.7 Å². The molecule has 0 aliphatic rings. The first kappa shape index (κ1) is 24.9. The Kier molecular flexibility index (Phi) is 13.5. The number of benzene rings is 1. The number of esters is 3. The quantitative estimate of drug-likeness (QED) is 0.196. The molecule has 0 saturated heterocycles. The van der Waals surface area contributed by atoms with Gasteiger partial charge in [-0.15, -0.1) is 0 Å². The molecule has 0 aliphatic carbocycles. The molecule has 0 atom stereocenters. The van der Waals surface area contributed by atoms with Gasteiger partial charge in [-0.2, -0.15) is 0 Å². The third-order valence-corrected chi connectivity index (χ3v) is 4.79. The summed E-state index contributed by atoms with van der Waals surface area (Å²) in [5.41, 5.74) is 0.207. The lowest BCUT2D eigenvalue weighted by atomic mass is 10.1. The molecule has 29 heavy (non-hydrogen) atoms. The maximum absolute atomic E-state index is 12.3. The number of carbonyl (C=O) groups excluding carboxylic acids is 3. The lowest BCUT2D eigenvalue weighted by molar-refractivity contribution is -0.138. The summed E-state index contributed by atoms with van der Waals surface area (Å²) >= 11 is 0. The summed E-state index contributed by atoms with van der Waals surface area (Å²) in [6.45, 7) is 4.62. The molecule has 1 aromatic rings. The zero-order valence-electron chi connectivity index (χ0n) is 18.0. The van der Waals surface area contributed by atoms with Gasteiger partial charge < -0.3 is 9.47 Å². The molecule has 0 unspecified atom stereocenters. The van der Waals surface area contributed by atoms with Crippen molar-refractivity contribution in [3.63, 3.8) is 0 Å². The van der Waals surface area contributed by atoms with Gasteiger partial charge in [-0.1, -0.05) is 83.8 Å². The maximum Gasteiger partial charge on any atom is 0.346 e. The van der Waals surface area contributed by atoms with Crippen LogP contribution in [0.5, 0.6) is 0 Å². The monoisotopic (exact) mass is 404 g/mol. The SMILES string of the molecule is CCCCCCCCOC(=O)c1ccccc1C(=O)OC(=O)CCCCCCC. The van der Waals surface area contributed by atoms with E-state index in [1.807, 2.05) is 0 Å². The predicted octanol–water partition coefficient (Wildman–Crippen LogP) is 6.25. The highest BCUT2D eigenvalue weighted by Gasteiger charge is 2.21. The predicted molar refractivity (Wildman–Crippen MR) is 114 cm³/mol. The van der Waals surface area contributed by atoms with E-state index >= 15 is 0 Å².